The molecule has 0 amide bonds. The van der Waals surface area contributed by atoms with Crippen LogP contribution in [0.3, 0.4) is 0 Å². The Morgan fingerprint density at radius 3 is 2.09 bits per heavy atom. The molecule has 128 valence electrons. The molecule has 0 spiro atoms. The summed E-state index contributed by atoms with van der Waals surface area (Å²) in [7, 11) is 1.50. The van der Waals surface area contributed by atoms with Gasteiger partial charge in [-0.1, -0.05) is 46.0 Å². The first-order valence-electron chi connectivity index (χ1n) is 8.21. The zero-order chi connectivity index (χ0) is 17.0. The molecule has 0 radical (unpaired) electrons. The lowest BCUT2D eigenvalue weighted by Gasteiger charge is -2.29. The Hall–Kier alpha value is -0.870. The van der Waals surface area contributed by atoms with Crippen LogP contribution in [0.2, 0.25) is 0 Å². The second-order valence-corrected chi connectivity index (χ2v) is 7.50. The molecule has 1 fully saturated rings. The predicted molar refractivity (Wildman–Crippen MR) is 96.8 cm³/mol. The molecule has 22 heavy (non-hydrogen) atoms. The highest BCUT2D eigenvalue weighted by Crippen LogP contribution is 2.38. The highest BCUT2D eigenvalue weighted by atomic mass is 32.1. The molecule has 2 aliphatic rings. The van der Waals surface area contributed by atoms with E-state index in [1.54, 1.807) is 10.4 Å². The second kappa shape index (κ2) is 11.7. The zero-order valence-electron chi connectivity index (χ0n) is 14.7. The molecule has 2 aliphatic carbocycles. The van der Waals surface area contributed by atoms with Crippen LogP contribution in [0.15, 0.2) is 5.38 Å². The van der Waals surface area contributed by atoms with Gasteiger partial charge in [0.1, 0.15) is 0 Å². The monoisotopic (exact) mass is 327 g/mol. The van der Waals surface area contributed by atoms with Crippen molar-refractivity contribution in [3.63, 3.8) is 0 Å². The molecular weight excluding hydrogens is 294 g/mol. The van der Waals surface area contributed by atoms with Crippen LogP contribution in [0.5, 0.6) is 0 Å². The Morgan fingerprint density at radius 1 is 1.18 bits per heavy atom. The van der Waals surface area contributed by atoms with Gasteiger partial charge in [0, 0.05) is 4.88 Å². The summed E-state index contributed by atoms with van der Waals surface area (Å²) in [5, 5.41) is 9.20. The maximum absolute atomic E-state index is 8.36. The Labute approximate surface area is 139 Å². The van der Waals surface area contributed by atoms with Crippen molar-refractivity contribution in [1.82, 2.24) is 0 Å². The number of aryl methyl sites for hydroxylation is 2. The molecule has 3 nitrogen and oxygen atoms in total. The van der Waals surface area contributed by atoms with E-state index in [1.165, 1.54) is 64.0 Å². The Bertz CT molecular complexity index is 402. The van der Waals surface area contributed by atoms with Crippen LogP contribution in [0.25, 0.3) is 0 Å². The molecule has 0 aromatic carbocycles. The molecule has 3 N–H and O–H groups in total. The quantitative estimate of drug-likeness (QED) is 0.673. The molecule has 0 saturated heterocycles. The third-order valence-corrected chi connectivity index (χ3v) is 5.33. The lowest BCUT2D eigenvalue weighted by molar-refractivity contribution is -0.122. The number of carboxylic acid groups (broad SMARTS) is 1. The van der Waals surface area contributed by atoms with E-state index in [2.05, 4.69) is 31.9 Å². The highest BCUT2D eigenvalue weighted by molar-refractivity contribution is 7.10. The summed E-state index contributed by atoms with van der Waals surface area (Å²) in [6.45, 7) is 6.76. The van der Waals surface area contributed by atoms with Gasteiger partial charge in [0.25, 0.3) is 6.47 Å². The van der Waals surface area contributed by atoms with Gasteiger partial charge in [-0.15, -0.1) is 11.3 Å². The molecule has 0 atom stereocenters. The molecule has 1 aromatic rings. The number of nitrogens with two attached hydrogens (primary N) is 1. The van der Waals surface area contributed by atoms with Gasteiger partial charge in [0.2, 0.25) is 0 Å². The minimum atomic E-state index is -0.250. The molecule has 0 bridgehead atoms. The standard InChI is InChI=1S/C11H16S.C5H10.CH5N.CH2O2/c1-8-7-12-10-4-5-11(2,3)6-9(8)10;1-2-4-5-3-1;1-2;2-1-3/h7H,4-6H2,1-3H3;1-5H2;2H2,1H3;1H,(H,2,3). The van der Waals surface area contributed by atoms with Crippen molar-refractivity contribution in [3.8, 4) is 0 Å². The van der Waals surface area contributed by atoms with Crippen molar-refractivity contribution in [3.05, 3.63) is 21.4 Å². The molecule has 4 heteroatoms. The predicted octanol–water partition coefficient (Wildman–Crippen LogP) is 4.80. The number of hydrogen-bond acceptors (Lipinski definition) is 3. The molecule has 0 unspecified atom stereocenters. The SMILES string of the molecule is C1CCCC1.CN.Cc1csc2c1CC(C)(C)CC2.O=CO. The van der Waals surface area contributed by atoms with Gasteiger partial charge in [-0.2, -0.15) is 0 Å². The van der Waals surface area contributed by atoms with E-state index < -0.39 is 0 Å². The maximum Gasteiger partial charge on any atom is 0.290 e. The van der Waals surface area contributed by atoms with E-state index in [9.17, 15) is 0 Å². The summed E-state index contributed by atoms with van der Waals surface area (Å²) in [6.07, 6.45) is 11.5. The van der Waals surface area contributed by atoms with Crippen molar-refractivity contribution < 1.29 is 9.90 Å². The van der Waals surface area contributed by atoms with Crippen LogP contribution >= 0.6 is 11.3 Å². The van der Waals surface area contributed by atoms with Crippen molar-refractivity contribution in [1.29, 1.82) is 0 Å². The van der Waals surface area contributed by atoms with Gasteiger partial charge in [-0.25, -0.2) is 0 Å². The van der Waals surface area contributed by atoms with Crippen LogP contribution in [0, 0.1) is 12.3 Å². The van der Waals surface area contributed by atoms with Crippen molar-refractivity contribution in [2.75, 3.05) is 7.05 Å². The van der Waals surface area contributed by atoms with Crippen LogP contribution in [-0.4, -0.2) is 18.6 Å². The summed E-state index contributed by atoms with van der Waals surface area (Å²) < 4.78 is 0. The van der Waals surface area contributed by atoms with Gasteiger partial charge in [-0.05, 0) is 55.2 Å². The number of thiophene rings is 1. The van der Waals surface area contributed by atoms with E-state index in [0.29, 0.717) is 5.41 Å². The van der Waals surface area contributed by atoms with E-state index in [0.717, 1.165) is 0 Å². The first-order chi connectivity index (χ1) is 10.5. The first kappa shape index (κ1) is 21.1. The zero-order valence-corrected chi connectivity index (χ0v) is 15.5. The van der Waals surface area contributed by atoms with Gasteiger partial charge in [0.05, 0.1) is 0 Å². The summed E-state index contributed by atoms with van der Waals surface area (Å²) in [5.41, 5.74) is 8.21. The molecule has 1 aromatic heterocycles. The van der Waals surface area contributed by atoms with E-state index >= 15 is 0 Å². The van der Waals surface area contributed by atoms with E-state index in [1.807, 2.05) is 11.3 Å². The maximum atomic E-state index is 8.36. The van der Waals surface area contributed by atoms with Gasteiger partial charge >= 0.3 is 0 Å². The van der Waals surface area contributed by atoms with Crippen LogP contribution in [0.1, 0.15) is 68.4 Å². The van der Waals surface area contributed by atoms with Crippen LogP contribution in [0.4, 0.5) is 0 Å². The first-order valence-corrected chi connectivity index (χ1v) is 9.09. The fourth-order valence-corrected chi connectivity index (χ4v) is 3.93. The summed E-state index contributed by atoms with van der Waals surface area (Å²) in [4.78, 5) is 10.0. The number of rotatable bonds is 0. The molecule has 3 rings (SSSR count). The Balaban J connectivity index is 0.000000367. The van der Waals surface area contributed by atoms with Crippen LogP contribution in [-0.2, 0) is 17.6 Å². The normalized spacial score (nSPS) is 17.5. The Kier molecular flexibility index (Phi) is 11.2. The largest absolute Gasteiger partial charge is 0.483 e. The fourth-order valence-electron chi connectivity index (χ4n) is 2.87. The topological polar surface area (TPSA) is 63.3 Å². The van der Waals surface area contributed by atoms with Crippen LogP contribution < -0.4 is 5.73 Å². The molecule has 0 aliphatic heterocycles. The summed E-state index contributed by atoms with van der Waals surface area (Å²) in [5.74, 6) is 0. The minimum absolute atomic E-state index is 0.250. The lowest BCUT2D eigenvalue weighted by Crippen LogP contribution is -2.21. The Morgan fingerprint density at radius 2 is 1.64 bits per heavy atom. The minimum Gasteiger partial charge on any atom is -0.483 e. The smallest absolute Gasteiger partial charge is 0.290 e. The average Bonchev–Trinajstić information content (AvgIpc) is 3.16. The van der Waals surface area contributed by atoms with Crippen molar-refractivity contribution >= 4 is 17.8 Å². The highest BCUT2D eigenvalue weighted by Gasteiger charge is 2.26. The lowest BCUT2D eigenvalue weighted by atomic mass is 9.76. The number of carbonyl (C=O) groups is 1. The van der Waals surface area contributed by atoms with E-state index in [-0.39, 0.29) is 6.47 Å². The van der Waals surface area contributed by atoms with Crippen molar-refractivity contribution in [2.24, 2.45) is 11.1 Å². The third-order valence-electron chi connectivity index (χ3n) is 4.12. The van der Waals surface area contributed by atoms with Gasteiger partial charge in [-0.3, -0.25) is 4.79 Å². The fraction of sp³-hybridized carbons (Fsp3) is 0.722. The second-order valence-electron chi connectivity index (χ2n) is 6.53. The molecule has 1 heterocycles. The third kappa shape index (κ3) is 7.95. The molecular formula is C18H33NO2S. The average molecular weight is 328 g/mol. The molecule has 1 saturated carbocycles. The van der Waals surface area contributed by atoms with Gasteiger partial charge < -0.3 is 10.8 Å². The van der Waals surface area contributed by atoms with Crippen molar-refractivity contribution in [2.45, 2.75) is 72.1 Å². The summed E-state index contributed by atoms with van der Waals surface area (Å²) >= 11 is 1.95. The van der Waals surface area contributed by atoms with Gasteiger partial charge in [0.15, 0.2) is 0 Å². The summed E-state index contributed by atoms with van der Waals surface area (Å²) in [6, 6.07) is 0. The number of hydrogen-bond donors (Lipinski definition) is 2. The number of fused-ring (bicyclic) bond motifs is 1. The van der Waals surface area contributed by atoms with E-state index in [4.69, 9.17) is 9.90 Å².